The summed E-state index contributed by atoms with van der Waals surface area (Å²) in [6.45, 7) is 6.05. The quantitative estimate of drug-likeness (QED) is 0.544. The van der Waals surface area contributed by atoms with Gasteiger partial charge in [-0.1, -0.05) is 19.9 Å². The van der Waals surface area contributed by atoms with Gasteiger partial charge in [-0.3, -0.25) is 4.79 Å². The molecule has 2 aromatic carbocycles. The molecule has 31 heavy (non-hydrogen) atoms. The van der Waals surface area contributed by atoms with Crippen LogP contribution in [0.2, 0.25) is 0 Å². The van der Waals surface area contributed by atoms with Gasteiger partial charge in [0.25, 0.3) is 0 Å². The summed E-state index contributed by atoms with van der Waals surface area (Å²) in [6, 6.07) is 13.3. The minimum atomic E-state index is -0.0826. The Morgan fingerprint density at radius 3 is 2.48 bits per heavy atom. The number of ether oxygens (including phenoxy) is 4. The van der Waals surface area contributed by atoms with Crippen molar-refractivity contribution in [2.24, 2.45) is 5.92 Å². The number of rotatable bonds is 10. The molecule has 6 nitrogen and oxygen atoms in total. The van der Waals surface area contributed by atoms with E-state index >= 15 is 0 Å². The zero-order valence-corrected chi connectivity index (χ0v) is 19.2. The number of thioether (sulfide) groups is 1. The first-order chi connectivity index (χ1) is 15.1. The van der Waals surface area contributed by atoms with Gasteiger partial charge in [-0.25, -0.2) is 0 Å². The highest BCUT2D eigenvalue weighted by molar-refractivity contribution is 7.99. The van der Waals surface area contributed by atoms with E-state index in [-0.39, 0.29) is 17.9 Å². The lowest BCUT2D eigenvalue weighted by Crippen LogP contribution is -2.33. The topological polar surface area (TPSA) is 66.0 Å². The number of methoxy groups -OCH3 is 1. The van der Waals surface area contributed by atoms with Crippen LogP contribution in [0.5, 0.6) is 23.0 Å². The second kappa shape index (κ2) is 11.7. The van der Waals surface area contributed by atoms with Crippen LogP contribution in [0.25, 0.3) is 0 Å². The molecule has 7 heteroatoms. The maximum absolute atomic E-state index is 12.5. The first kappa shape index (κ1) is 23.1. The number of hydrogen-bond acceptors (Lipinski definition) is 6. The van der Waals surface area contributed by atoms with E-state index in [1.165, 1.54) is 0 Å². The van der Waals surface area contributed by atoms with Gasteiger partial charge in [-0.2, -0.15) is 0 Å². The van der Waals surface area contributed by atoms with E-state index in [0.717, 1.165) is 40.7 Å². The number of benzene rings is 2. The number of carbonyl (C=O) groups excluding carboxylic acids is 1. The standard InChI is InChI=1S/C24H31NO5S/c1-17(2)24(18-5-10-21-22(15-18)30-12-4-11-29-21)25-23(26)16-31-14-13-28-20-8-6-19(27-3)7-9-20/h5-10,15,17,24H,4,11-14,16H2,1-3H3,(H,25,26). The van der Waals surface area contributed by atoms with Crippen molar-refractivity contribution in [3.05, 3.63) is 48.0 Å². The first-order valence-electron chi connectivity index (χ1n) is 10.6. The van der Waals surface area contributed by atoms with E-state index in [0.29, 0.717) is 25.6 Å². The van der Waals surface area contributed by atoms with Gasteiger partial charge in [0, 0.05) is 12.2 Å². The van der Waals surface area contributed by atoms with Gasteiger partial charge in [-0.05, 0) is 47.9 Å². The van der Waals surface area contributed by atoms with Crippen molar-refractivity contribution >= 4 is 17.7 Å². The summed E-state index contributed by atoms with van der Waals surface area (Å²) in [7, 11) is 1.64. The minimum Gasteiger partial charge on any atom is -0.497 e. The molecule has 168 valence electrons. The zero-order chi connectivity index (χ0) is 22.1. The fourth-order valence-corrected chi connectivity index (χ4v) is 3.89. The Kier molecular flexibility index (Phi) is 8.76. The Balaban J connectivity index is 1.45. The molecule has 0 fully saturated rings. The second-order valence-corrected chi connectivity index (χ2v) is 8.73. The average Bonchev–Trinajstić information content (AvgIpc) is 3.02. The van der Waals surface area contributed by atoms with Crippen molar-refractivity contribution in [1.29, 1.82) is 0 Å². The van der Waals surface area contributed by atoms with E-state index in [1.54, 1.807) is 18.9 Å². The molecule has 0 radical (unpaired) electrons. The molecule has 0 saturated carbocycles. The molecule has 1 amide bonds. The van der Waals surface area contributed by atoms with Gasteiger partial charge in [0.2, 0.25) is 5.91 Å². The summed E-state index contributed by atoms with van der Waals surface area (Å²) in [5.41, 5.74) is 1.03. The van der Waals surface area contributed by atoms with Crippen molar-refractivity contribution < 1.29 is 23.7 Å². The first-order valence-corrected chi connectivity index (χ1v) is 11.8. The number of hydrogen-bond donors (Lipinski definition) is 1. The van der Waals surface area contributed by atoms with Crippen LogP contribution in [-0.4, -0.2) is 44.3 Å². The molecule has 3 rings (SSSR count). The molecule has 1 N–H and O–H groups in total. The molecule has 1 aliphatic heterocycles. The number of amides is 1. The third kappa shape index (κ3) is 6.99. The van der Waals surface area contributed by atoms with Crippen molar-refractivity contribution in [2.75, 3.05) is 38.4 Å². The smallest absolute Gasteiger partial charge is 0.230 e. The van der Waals surface area contributed by atoms with Crippen LogP contribution in [0.3, 0.4) is 0 Å². The molecular weight excluding hydrogens is 414 g/mol. The van der Waals surface area contributed by atoms with Crippen LogP contribution in [0.15, 0.2) is 42.5 Å². The molecule has 1 atom stereocenters. The Hall–Kier alpha value is -2.54. The summed E-state index contributed by atoms with van der Waals surface area (Å²) >= 11 is 1.56. The molecule has 1 aliphatic rings. The van der Waals surface area contributed by atoms with E-state index in [2.05, 4.69) is 19.2 Å². The van der Waals surface area contributed by atoms with Crippen molar-refractivity contribution in [2.45, 2.75) is 26.3 Å². The minimum absolute atomic E-state index is 0.0141. The number of fused-ring (bicyclic) bond motifs is 1. The highest BCUT2D eigenvalue weighted by Gasteiger charge is 2.21. The van der Waals surface area contributed by atoms with Gasteiger partial charge in [-0.15, -0.1) is 11.8 Å². The lowest BCUT2D eigenvalue weighted by molar-refractivity contribution is -0.119. The van der Waals surface area contributed by atoms with Gasteiger partial charge >= 0.3 is 0 Å². The van der Waals surface area contributed by atoms with Crippen molar-refractivity contribution in [3.63, 3.8) is 0 Å². The van der Waals surface area contributed by atoms with Crippen LogP contribution in [0.1, 0.15) is 31.9 Å². The zero-order valence-electron chi connectivity index (χ0n) is 18.4. The summed E-state index contributed by atoms with van der Waals surface area (Å²) < 4.78 is 22.4. The molecule has 2 aromatic rings. The molecule has 0 aromatic heterocycles. The second-order valence-electron chi connectivity index (χ2n) is 7.62. The largest absolute Gasteiger partial charge is 0.497 e. The Morgan fingerprint density at radius 1 is 1.06 bits per heavy atom. The van der Waals surface area contributed by atoms with Crippen LogP contribution in [0.4, 0.5) is 0 Å². The summed E-state index contributed by atoms with van der Waals surface area (Å²) in [4.78, 5) is 12.5. The van der Waals surface area contributed by atoms with Gasteiger partial charge in [0.15, 0.2) is 11.5 Å². The SMILES string of the molecule is COc1ccc(OCCSCC(=O)NC(c2ccc3c(c2)OCCCO3)C(C)C)cc1. The number of nitrogens with one attached hydrogen (secondary N) is 1. The van der Waals surface area contributed by atoms with Crippen molar-refractivity contribution in [1.82, 2.24) is 5.32 Å². The maximum Gasteiger partial charge on any atom is 0.230 e. The van der Waals surface area contributed by atoms with E-state index in [4.69, 9.17) is 18.9 Å². The molecular formula is C24H31NO5S. The third-order valence-corrected chi connectivity index (χ3v) is 5.82. The fourth-order valence-electron chi connectivity index (χ4n) is 3.28. The Bertz CT molecular complexity index is 840. The van der Waals surface area contributed by atoms with E-state index < -0.39 is 0 Å². The molecule has 0 bridgehead atoms. The normalized spacial score (nSPS) is 13.9. The number of carbonyl (C=O) groups is 1. The fraction of sp³-hybridized carbons (Fsp3) is 0.458. The summed E-state index contributed by atoms with van der Waals surface area (Å²) in [5.74, 6) is 4.49. The molecule has 0 aliphatic carbocycles. The van der Waals surface area contributed by atoms with E-state index in [9.17, 15) is 4.79 Å². The highest BCUT2D eigenvalue weighted by Crippen LogP contribution is 2.34. The molecule has 1 heterocycles. The lowest BCUT2D eigenvalue weighted by atomic mass is 9.95. The van der Waals surface area contributed by atoms with Crippen LogP contribution >= 0.6 is 11.8 Å². The Morgan fingerprint density at radius 2 is 1.77 bits per heavy atom. The summed E-state index contributed by atoms with van der Waals surface area (Å²) in [5, 5.41) is 3.17. The predicted octanol–water partition coefficient (Wildman–Crippen LogP) is 4.48. The summed E-state index contributed by atoms with van der Waals surface area (Å²) in [6.07, 6.45) is 0.869. The van der Waals surface area contributed by atoms with Crippen molar-refractivity contribution in [3.8, 4) is 23.0 Å². The average molecular weight is 446 g/mol. The highest BCUT2D eigenvalue weighted by atomic mass is 32.2. The van der Waals surface area contributed by atoms with Gasteiger partial charge in [0.1, 0.15) is 11.5 Å². The molecule has 1 unspecified atom stereocenters. The third-order valence-electron chi connectivity index (χ3n) is 4.90. The van der Waals surface area contributed by atoms with Crippen LogP contribution in [0, 0.1) is 5.92 Å². The monoisotopic (exact) mass is 445 g/mol. The maximum atomic E-state index is 12.5. The molecule has 0 saturated heterocycles. The van der Waals surface area contributed by atoms with Gasteiger partial charge in [0.05, 0.1) is 38.7 Å². The van der Waals surface area contributed by atoms with Crippen LogP contribution in [-0.2, 0) is 4.79 Å². The lowest BCUT2D eigenvalue weighted by Gasteiger charge is -2.24. The van der Waals surface area contributed by atoms with Gasteiger partial charge < -0.3 is 24.3 Å². The Labute approximate surface area is 188 Å². The molecule has 0 spiro atoms. The van der Waals surface area contributed by atoms with E-state index in [1.807, 2.05) is 42.5 Å². The van der Waals surface area contributed by atoms with Crippen LogP contribution < -0.4 is 24.3 Å². The predicted molar refractivity (Wildman–Crippen MR) is 124 cm³/mol.